The van der Waals surface area contributed by atoms with Crippen LogP contribution in [0.15, 0.2) is 60.7 Å². The summed E-state index contributed by atoms with van der Waals surface area (Å²) < 4.78 is 0. The molecule has 1 spiro atoms. The number of carbonyl (C=O) groups excluding carboxylic acids is 3. The Labute approximate surface area is 213 Å². The van der Waals surface area contributed by atoms with E-state index >= 15 is 0 Å². The first-order valence-corrected chi connectivity index (χ1v) is 13.2. The fraction of sp³-hybridized carbons (Fsp3) is 0.483. The van der Waals surface area contributed by atoms with Crippen LogP contribution < -0.4 is 10.2 Å². The zero-order valence-corrected chi connectivity index (χ0v) is 21.1. The molecule has 5 rings (SSSR count). The number of nitrogens with one attached hydrogen (secondary N) is 1. The van der Waals surface area contributed by atoms with E-state index < -0.39 is 5.54 Å². The number of carbonyl (C=O) groups is 3. The van der Waals surface area contributed by atoms with Gasteiger partial charge < -0.3 is 20.0 Å². The van der Waals surface area contributed by atoms with Crippen molar-refractivity contribution in [3.8, 4) is 0 Å². The third-order valence-corrected chi connectivity index (χ3v) is 8.20. The molecule has 2 heterocycles. The number of benzene rings is 2. The van der Waals surface area contributed by atoms with Gasteiger partial charge in [0.25, 0.3) is 5.91 Å². The van der Waals surface area contributed by atoms with Crippen molar-refractivity contribution in [2.75, 3.05) is 31.2 Å². The molecule has 3 fully saturated rings. The molecule has 1 aliphatic carbocycles. The summed E-state index contributed by atoms with van der Waals surface area (Å²) in [5, 5.41) is 3.04. The molecule has 7 nitrogen and oxygen atoms in total. The fourth-order valence-electron chi connectivity index (χ4n) is 6.14. The van der Waals surface area contributed by atoms with Gasteiger partial charge in [-0.05, 0) is 50.3 Å². The third kappa shape index (κ3) is 4.71. The van der Waals surface area contributed by atoms with Crippen LogP contribution in [-0.4, -0.2) is 59.4 Å². The quantitative estimate of drug-likeness (QED) is 0.673. The van der Waals surface area contributed by atoms with Gasteiger partial charge in [-0.25, -0.2) is 0 Å². The number of likely N-dealkylation sites (tertiary alicyclic amines) is 1. The van der Waals surface area contributed by atoms with Crippen LogP contribution in [0, 0.1) is 5.92 Å². The Kier molecular flexibility index (Phi) is 6.99. The first kappa shape index (κ1) is 24.3. The van der Waals surface area contributed by atoms with Crippen LogP contribution in [0.2, 0.25) is 0 Å². The predicted molar refractivity (Wildman–Crippen MR) is 139 cm³/mol. The van der Waals surface area contributed by atoms with Crippen LogP contribution in [0.3, 0.4) is 0 Å². The lowest BCUT2D eigenvalue weighted by Gasteiger charge is -2.43. The van der Waals surface area contributed by atoms with Crippen LogP contribution in [0.1, 0.15) is 57.1 Å². The van der Waals surface area contributed by atoms with Gasteiger partial charge in [0.15, 0.2) is 0 Å². The molecule has 7 heteroatoms. The van der Waals surface area contributed by atoms with Crippen molar-refractivity contribution in [3.63, 3.8) is 0 Å². The van der Waals surface area contributed by atoms with Gasteiger partial charge >= 0.3 is 0 Å². The summed E-state index contributed by atoms with van der Waals surface area (Å²) in [6, 6.07) is 19.6. The highest BCUT2D eigenvalue weighted by Crippen LogP contribution is 2.40. The van der Waals surface area contributed by atoms with Crippen LogP contribution in [0.4, 0.5) is 5.69 Å². The molecule has 190 valence electrons. The molecule has 2 aromatic rings. The van der Waals surface area contributed by atoms with E-state index in [0.29, 0.717) is 32.6 Å². The maximum absolute atomic E-state index is 13.9. The van der Waals surface area contributed by atoms with Crippen molar-refractivity contribution in [2.24, 2.45) is 5.92 Å². The first-order valence-electron chi connectivity index (χ1n) is 13.2. The standard InChI is InChI=1S/C29H36N4O3/c1-22(23-10-4-2-5-11-23)30-26(34)20-32-21-33(25-14-6-3-7-15-25)29(28(32)36)16-18-31(19-17-29)27(35)24-12-8-9-13-24/h2-7,10-11,14-15,22,24H,8-9,12-13,16-21H2,1H3,(H,30,34). The van der Waals surface area contributed by atoms with Crippen molar-refractivity contribution < 1.29 is 14.4 Å². The molecule has 0 radical (unpaired) electrons. The predicted octanol–water partition coefficient (Wildman–Crippen LogP) is 3.72. The Morgan fingerprint density at radius 1 is 0.972 bits per heavy atom. The Balaban J connectivity index is 1.30. The van der Waals surface area contributed by atoms with E-state index in [-0.39, 0.29) is 36.2 Å². The molecule has 1 unspecified atom stereocenters. The van der Waals surface area contributed by atoms with Crippen molar-refractivity contribution in [1.82, 2.24) is 15.1 Å². The number of nitrogens with zero attached hydrogens (tertiary/aromatic N) is 3. The van der Waals surface area contributed by atoms with Crippen LogP contribution in [-0.2, 0) is 14.4 Å². The molecule has 1 N–H and O–H groups in total. The van der Waals surface area contributed by atoms with Gasteiger partial charge in [-0.1, -0.05) is 61.4 Å². The monoisotopic (exact) mass is 488 g/mol. The average molecular weight is 489 g/mol. The highest BCUT2D eigenvalue weighted by Gasteiger charge is 2.54. The molecule has 2 aliphatic heterocycles. The Morgan fingerprint density at radius 3 is 2.22 bits per heavy atom. The highest BCUT2D eigenvalue weighted by atomic mass is 16.2. The maximum Gasteiger partial charge on any atom is 0.250 e. The molecule has 1 saturated carbocycles. The highest BCUT2D eigenvalue weighted by molar-refractivity contribution is 5.96. The van der Waals surface area contributed by atoms with Gasteiger partial charge in [-0.15, -0.1) is 0 Å². The van der Waals surface area contributed by atoms with Crippen molar-refractivity contribution in [3.05, 3.63) is 66.2 Å². The number of para-hydroxylation sites is 1. The van der Waals surface area contributed by atoms with E-state index in [9.17, 15) is 14.4 Å². The lowest BCUT2D eigenvalue weighted by atomic mass is 9.85. The Bertz CT molecular complexity index is 1080. The SMILES string of the molecule is CC(NC(=O)CN1CN(c2ccccc2)C2(CCN(C(=O)C3CCCC3)CC2)C1=O)c1ccccc1. The van der Waals surface area contributed by atoms with Gasteiger partial charge in [-0.2, -0.15) is 0 Å². The molecular weight excluding hydrogens is 452 g/mol. The summed E-state index contributed by atoms with van der Waals surface area (Å²) in [4.78, 5) is 45.7. The number of rotatable bonds is 6. The molecule has 3 aliphatic rings. The molecule has 2 aromatic carbocycles. The van der Waals surface area contributed by atoms with Crippen LogP contribution >= 0.6 is 0 Å². The first-order chi connectivity index (χ1) is 17.5. The van der Waals surface area contributed by atoms with E-state index in [4.69, 9.17) is 0 Å². The van der Waals surface area contributed by atoms with Gasteiger partial charge in [0.05, 0.1) is 12.7 Å². The molecule has 36 heavy (non-hydrogen) atoms. The summed E-state index contributed by atoms with van der Waals surface area (Å²) in [5.74, 6) is 0.223. The summed E-state index contributed by atoms with van der Waals surface area (Å²) >= 11 is 0. The van der Waals surface area contributed by atoms with Gasteiger partial charge in [0, 0.05) is 24.7 Å². The summed E-state index contributed by atoms with van der Waals surface area (Å²) in [6.45, 7) is 3.50. The largest absolute Gasteiger partial charge is 0.348 e. The van der Waals surface area contributed by atoms with Crippen molar-refractivity contribution >= 4 is 23.4 Å². The topological polar surface area (TPSA) is 73.0 Å². The van der Waals surface area contributed by atoms with E-state index in [2.05, 4.69) is 10.2 Å². The van der Waals surface area contributed by atoms with E-state index in [1.165, 1.54) is 0 Å². The number of anilines is 1. The summed E-state index contributed by atoms with van der Waals surface area (Å²) in [5.41, 5.74) is 1.28. The lowest BCUT2D eigenvalue weighted by molar-refractivity contribution is -0.141. The van der Waals surface area contributed by atoms with E-state index in [0.717, 1.165) is 36.9 Å². The minimum Gasteiger partial charge on any atom is -0.348 e. The fourth-order valence-corrected chi connectivity index (χ4v) is 6.14. The molecule has 3 amide bonds. The smallest absolute Gasteiger partial charge is 0.250 e. The minimum atomic E-state index is -0.723. The molecule has 2 saturated heterocycles. The van der Waals surface area contributed by atoms with Crippen molar-refractivity contribution in [1.29, 1.82) is 0 Å². The van der Waals surface area contributed by atoms with Crippen LogP contribution in [0.5, 0.6) is 0 Å². The summed E-state index contributed by atoms with van der Waals surface area (Å²) in [6.07, 6.45) is 5.40. The second-order valence-corrected chi connectivity index (χ2v) is 10.4. The maximum atomic E-state index is 13.9. The molecular formula is C29H36N4O3. The van der Waals surface area contributed by atoms with Gasteiger partial charge in [0.1, 0.15) is 12.1 Å². The van der Waals surface area contributed by atoms with Gasteiger partial charge in [0.2, 0.25) is 11.8 Å². The number of hydrogen-bond acceptors (Lipinski definition) is 4. The third-order valence-electron chi connectivity index (χ3n) is 8.20. The number of hydrogen-bond donors (Lipinski definition) is 1. The van der Waals surface area contributed by atoms with E-state index in [1.807, 2.05) is 72.5 Å². The van der Waals surface area contributed by atoms with Crippen LogP contribution in [0.25, 0.3) is 0 Å². The zero-order valence-electron chi connectivity index (χ0n) is 21.1. The second kappa shape index (κ2) is 10.3. The molecule has 0 bridgehead atoms. The molecule has 0 aromatic heterocycles. The number of piperidine rings is 1. The summed E-state index contributed by atoms with van der Waals surface area (Å²) in [7, 11) is 0. The number of amides is 3. The normalized spacial score (nSPS) is 20.7. The lowest BCUT2D eigenvalue weighted by Crippen LogP contribution is -2.58. The van der Waals surface area contributed by atoms with Gasteiger partial charge in [-0.3, -0.25) is 14.4 Å². The minimum absolute atomic E-state index is 0.0122. The Hall–Kier alpha value is -3.35. The molecule has 1 atom stereocenters. The van der Waals surface area contributed by atoms with E-state index in [1.54, 1.807) is 4.90 Å². The Morgan fingerprint density at radius 2 is 1.58 bits per heavy atom. The average Bonchev–Trinajstić information content (AvgIpc) is 3.54. The zero-order chi connectivity index (χ0) is 25.1. The second-order valence-electron chi connectivity index (χ2n) is 10.4. The van der Waals surface area contributed by atoms with Crippen molar-refractivity contribution in [2.45, 2.75) is 57.0 Å².